The maximum absolute atomic E-state index is 11.9. The van der Waals surface area contributed by atoms with Gasteiger partial charge in [-0.2, -0.15) is 0 Å². The number of aliphatic carboxylic acids is 1. The number of carbonyl (C=O) groups is 1. The van der Waals surface area contributed by atoms with Gasteiger partial charge in [0, 0.05) is 20.6 Å². The van der Waals surface area contributed by atoms with Crippen LogP contribution in [0.3, 0.4) is 0 Å². The van der Waals surface area contributed by atoms with Crippen molar-refractivity contribution in [3.8, 4) is 5.75 Å². The second-order valence-corrected chi connectivity index (χ2v) is 7.43. The SMILES string of the molecule is CCCN(CCOc1ccc(S(=O)(=O)N(C)C)cc1)CC(=O)O.Cl. The number of carboxylic acids is 1. The van der Waals surface area contributed by atoms with Crippen molar-refractivity contribution in [1.29, 1.82) is 0 Å². The normalized spacial score (nSPS) is 11.4. The van der Waals surface area contributed by atoms with Crippen molar-refractivity contribution in [2.24, 2.45) is 0 Å². The molecule has 0 heterocycles. The minimum Gasteiger partial charge on any atom is -0.492 e. The van der Waals surface area contributed by atoms with E-state index in [-0.39, 0.29) is 23.8 Å². The fraction of sp³-hybridized carbons (Fsp3) is 0.533. The summed E-state index contributed by atoms with van der Waals surface area (Å²) < 4.78 is 30.6. The van der Waals surface area contributed by atoms with Crippen LogP contribution in [0.2, 0.25) is 0 Å². The topological polar surface area (TPSA) is 87.2 Å². The van der Waals surface area contributed by atoms with Crippen LogP contribution in [0, 0.1) is 0 Å². The third kappa shape index (κ3) is 7.04. The zero-order chi connectivity index (χ0) is 17.5. The lowest BCUT2D eigenvalue weighted by atomic mass is 10.3. The molecule has 0 saturated carbocycles. The second kappa shape index (κ2) is 10.5. The minimum absolute atomic E-state index is 0. The summed E-state index contributed by atoms with van der Waals surface area (Å²) in [6, 6.07) is 6.17. The Hall–Kier alpha value is -1.35. The van der Waals surface area contributed by atoms with Crippen molar-refractivity contribution in [1.82, 2.24) is 9.21 Å². The van der Waals surface area contributed by atoms with E-state index in [0.717, 1.165) is 10.7 Å². The van der Waals surface area contributed by atoms with Crippen LogP contribution in [0.5, 0.6) is 5.75 Å². The summed E-state index contributed by atoms with van der Waals surface area (Å²) in [7, 11) is -0.491. The number of ether oxygens (including phenoxy) is 1. The molecule has 0 radical (unpaired) electrons. The number of nitrogens with zero attached hydrogens (tertiary/aromatic N) is 2. The van der Waals surface area contributed by atoms with Gasteiger partial charge in [0.2, 0.25) is 10.0 Å². The molecule has 0 aliphatic carbocycles. The lowest BCUT2D eigenvalue weighted by Gasteiger charge is -2.19. The van der Waals surface area contributed by atoms with E-state index in [9.17, 15) is 13.2 Å². The highest BCUT2D eigenvalue weighted by molar-refractivity contribution is 7.89. The average Bonchev–Trinajstić information content (AvgIpc) is 2.47. The Morgan fingerprint density at radius 3 is 2.21 bits per heavy atom. The fourth-order valence-corrected chi connectivity index (χ4v) is 2.89. The van der Waals surface area contributed by atoms with Gasteiger partial charge in [0.1, 0.15) is 12.4 Å². The van der Waals surface area contributed by atoms with Crippen molar-refractivity contribution < 1.29 is 23.1 Å². The minimum atomic E-state index is -3.44. The zero-order valence-electron chi connectivity index (χ0n) is 14.1. The molecule has 24 heavy (non-hydrogen) atoms. The quantitative estimate of drug-likeness (QED) is 0.662. The summed E-state index contributed by atoms with van der Waals surface area (Å²) in [5.41, 5.74) is 0. The molecule has 1 aromatic rings. The first-order chi connectivity index (χ1) is 10.8. The van der Waals surface area contributed by atoms with Crippen molar-refractivity contribution in [2.75, 3.05) is 40.3 Å². The molecular weight excluding hydrogens is 356 g/mol. The van der Waals surface area contributed by atoms with E-state index in [1.165, 1.54) is 26.2 Å². The third-order valence-electron chi connectivity index (χ3n) is 3.18. The largest absolute Gasteiger partial charge is 0.492 e. The summed E-state index contributed by atoms with van der Waals surface area (Å²) in [5.74, 6) is -0.314. The molecule has 1 rings (SSSR count). The highest BCUT2D eigenvalue weighted by Crippen LogP contribution is 2.18. The molecule has 0 aliphatic heterocycles. The van der Waals surface area contributed by atoms with E-state index in [1.807, 2.05) is 6.92 Å². The van der Waals surface area contributed by atoms with Crippen LogP contribution in [-0.2, 0) is 14.8 Å². The first-order valence-electron chi connectivity index (χ1n) is 7.37. The number of rotatable bonds is 10. The third-order valence-corrected chi connectivity index (χ3v) is 5.01. The van der Waals surface area contributed by atoms with Gasteiger partial charge < -0.3 is 9.84 Å². The Bertz CT molecular complexity index is 605. The summed E-state index contributed by atoms with van der Waals surface area (Å²) >= 11 is 0. The van der Waals surface area contributed by atoms with E-state index >= 15 is 0 Å². The first-order valence-corrected chi connectivity index (χ1v) is 8.81. The maximum Gasteiger partial charge on any atom is 0.317 e. The van der Waals surface area contributed by atoms with E-state index in [4.69, 9.17) is 9.84 Å². The monoisotopic (exact) mass is 380 g/mol. The number of benzene rings is 1. The highest BCUT2D eigenvalue weighted by Gasteiger charge is 2.16. The van der Waals surface area contributed by atoms with Gasteiger partial charge in [0.25, 0.3) is 0 Å². The molecule has 0 saturated heterocycles. The van der Waals surface area contributed by atoms with Crippen LogP contribution in [0.25, 0.3) is 0 Å². The molecule has 0 aliphatic rings. The van der Waals surface area contributed by atoms with Crippen LogP contribution in [0.1, 0.15) is 13.3 Å². The van der Waals surface area contributed by atoms with Gasteiger partial charge in [-0.1, -0.05) is 6.92 Å². The molecule has 7 nitrogen and oxygen atoms in total. The lowest BCUT2D eigenvalue weighted by Crippen LogP contribution is -2.34. The van der Waals surface area contributed by atoms with Crippen LogP contribution in [-0.4, -0.2) is 69.0 Å². The van der Waals surface area contributed by atoms with Crippen molar-refractivity contribution in [3.63, 3.8) is 0 Å². The number of hydrogen-bond donors (Lipinski definition) is 1. The molecule has 0 bridgehead atoms. The molecule has 138 valence electrons. The fourth-order valence-electron chi connectivity index (χ4n) is 1.99. The summed E-state index contributed by atoms with van der Waals surface area (Å²) in [6.07, 6.45) is 0.865. The van der Waals surface area contributed by atoms with Gasteiger partial charge in [-0.25, -0.2) is 12.7 Å². The number of carboxylic acid groups (broad SMARTS) is 1. The van der Waals surface area contributed by atoms with Crippen LogP contribution in [0.15, 0.2) is 29.2 Å². The molecule has 0 fully saturated rings. The van der Waals surface area contributed by atoms with Gasteiger partial charge in [-0.15, -0.1) is 12.4 Å². The Balaban J connectivity index is 0.00000529. The van der Waals surface area contributed by atoms with E-state index in [2.05, 4.69) is 0 Å². The van der Waals surface area contributed by atoms with E-state index in [0.29, 0.717) is 25.4 Å². The Morgan fingerprint density at radius 1 is 1.17 bits per heavy atom. The predicted molar refractivity (Wildman–Crippen MR) is 94.4 cm³/mol. The van der Waals surface area contributed by atoms with Gasteiger partial charge in [-0.3, -0.25) is 9.69 Å². The zero-order valence-corrected chi connectivity index (χ0v) is 15.8. The van der Waals surface area contributed by atoms with Gasteiger partial charge in [0.05, 0.1) is 11.4 Å². The van der Waals surface area contributed by atoms with E-state index in [1.54, 1.807) is 17.0 Å². The van der Waals surface area contributed by atoms with Crippen LogP contribution < -0.4 is 4.74 Å². The Morgan fingerprint density at radius 2 is 1.75 bits per heavy atom. The molecule has 0 aromatic heterocycles. The van der Waals surface area contributed by atoms with Crippen LogP contribution in [0.4, 0.5) is 0 Å². The van der Waals surface area contributed by atoms with Gasteiger partial charge in [-0.05, 0) is 37.2 Å². The van der Waals surface area contributed by atoms with Crippen LogP contribution >= 0.6 is 12.4 Å². The number of hydrogen-bond acceptors (Lipinski definition) is 5. The van der Waals surface area contributed by atoms with Crippen molar-refractivity contribution in [2.45, 2.75) is 18.2 Å². The Labute approximate surface area is 149 Å². The standard InChI is InChI=1S/C15H24N2O5S.ClH/c1-4-9-17(12-15(18)19)10-11-22-13-5-7-14(8-6-13)23(20,21)16(2)3;/h5-8H,4,9-12H2,1-3H3,(H,18,19);1H. The van der Waals surface area contributed by atoms with Gasteiger partial charge in [0.15, 0.2) is 0 Å². The Kier molecular flexibility index (Phi) is 9.91. The van der Waals surface area contributed by atoms with Gasteiger partial charge >= 0.3 is 5.97 Å². The molecule has 0 unspecified atom stereocenters. The molecular formula is C15H25ClN2O5S. The molecule has 0 amide bonds. The maximum atomic E-state index is 11.9. The summed E-state index contributed by atoms with van der Waals surface area (Å²) in [4.78, 5) is 12.8. The second-order valence-electron chi connectivity index (χ2n) is 5.28. The highest BCUT2D eigenvalue weighted by atomic mass is 35.5. The number of halogens is 1. The molecule has 1 N–H and O–H groups in total. The molecule has 0 spiro atoms. The summed E-state index contributed by atoms with van der Waals surface area (Å²) in [6.45, 7) is 3.50. The summed E-state index contributed by atoms with van der Waals surface area (Å²) in [5, 5.41) is 8.84. The predicted octanol–water partition coefficient (Wildman–Crippen LogP) is 1.53. The molecule has 1 aromatic carbocycles. The molecule has 0 atom stereocenters. The first kappa shape index (κ1) is 22.6. The average molecular weight is 381 g/mol. The lowest BCUT2D eigenvalue weighted by molar-refractivity contribution is -0.138. The van der Waals surface area contributed by atoms with Crippen molar-refractivity contribution in [3.05, 3.63) is 24.3 Å². The number of sulfonamides is 1. The molecule has 9 heteroatoms. The van der Waals surface area contributed by atoms with E-state index < -0.39 is 16.0 Å². The van der Waals surface area contributed by atoms with Crippen molar-refractivity contribution >= 4 is 28.4 Å². The smallest absolute Gasteiger partial charge is 0.317 e.